The fourth-order valence-electron chi connectivity index (χ4n) is 0.536. The van der Waals surface area contributed by atoms with Gasteiger partial charge in [-0.3, -0.25) is 5.10 Å². The van der Waals surface area contributed by atoms with Gasteiger partial charge in [-0.1, -0.05) is 0 Å². The van der Waals surface area contributed by atoms with Crippen LogP contribution in [0.25, 0.3) is 0 Å². The van der Waals surface area contributed by atoms with Gasteiger partial charge in [0, 0.05) is 6.20 Å². The van der Waals surface area contributed by atoms with E-state index in [1.54, 1.807) is 0 Å². The third-order valence-corrected chi connectivity index (χ3v) is 0.990. The van der Waals surface area contributed by atoms with E-state index >= 15 is 0 Å². The smallest absolute Gasteiger partial charge is 0.105 e. The van der Waals surface area contributed by atoms with E-state index in [-0.39, 0.29) is 6.61 Å². The zero-order valence-corrected chi connectivity index (χ0v) is 4.63. The molecule has 2 N–H and O–H groups in total. The van der Waals surface area contributed by atoms with E-state index in [2.05, 4.69) is 10.2 Å². The van der Waals surface area contributed by atoms with Gasteiger partial charge in [-0.25, -0.2) is 0 Å². The van der Waals surface area contributed by atoms with Gasteiger partial charge < -0.3 is 5.11 Å². The van der Waals surface area contributed by atoms with Gasteiger partial charge >= 0.3 is 0 Å². The summed E-state index contributed by atoms with van der Waals surface area (Å²) < 4.78 is 0. The van der Waals surface area contributed by atoms with Gasteiger partial charge in [0.2, 0.25) is 0 Å². The van der Waals surface area contributed by atoms with Gasteiger partial charge in [0.15, 0.2) is 0 Å². The van der Waals surface area contributed by atoms with E-state index in [1.165, 1.54) is 6.20 Å². The van der Waals surface area contributed by atoms with Crippen LogP contribution in [0.3, 0.4) is 0 Å². The van der Waals surface area contributed by atoms with Gasteiger partial charge in [0.25, 0.3) is 0 Å². The summed E-state index contributed by atoms with van der Waals surface area (Å²) in [5.74, 6) is 0. The van der Waals surface area contributed by atoms with Crippen LogP contribution in [-0.2, 0) is 6.61 Å². The first-order chi connectivity index (χ1) is 4.38. The van der Waals surface area contributed by atoms with E-state index in [1.807, 2.05) is 6.07 Å². The first-order valence-electron chi connectivity index (χ1n) is 2.42. The van der Waals surface area contributed by atoms with Crippen LogP contribution >= 0.6 is 0 Å². The Morgan fingerprint density at radius 3 is 3.11 bits per heavy atom. The van der Waals surface area contributed by atoms with Crippen molar-refractivity contribution in [1.29, 1.82) is 5.26 Å². The second-order valence-corrected chi connectivity index (χ2v) is 1.52. The number of nitrogens with one attached hydrogen (secondary N) is 1. The lowest BCUT2D eigenvalue weighted by Gasteiger charge is -1.82. The maximum atomic E-state index is 8.50. The molecule has 0 aliphatic rings. The number of hydrogen-bond acceptors (Lipinski definition) is 3. The van der Waals surface area contributed by atoms with Crippen molar-refractivity contribution in [3.63, 3.8) is 0 Å². The van der Waals surface area contributed by atoms with Crippen LogP contribution in [0.2, 0.25) is 0 Å². The second kappa shape index (κ2) is 2.29. The molecular formula is C5H5N3O. The molecule has 1 heterocycles. The van der Waals surface area contributed by atoms with E-state index < -0.39 is 0 Å². The number of hydrogen-bond donors (Lipinski definition) is 2. The largest absolute Gasteiger partial charge is 0.390 e. The number of aliphatic hydroxyl groups excluding tert-OH is 1. The first kappa shape index (κ1) is 5.79. The zero-order valence-electron chi connectivity index (χ0n) is 4.63. The van der Waals surface area contributed by atoms with Crippen molar-refractivity contribution in [2.45, 2.75) is 6.61 Å². The molecule has 0 unspecified atom stereocenters. The topological polar surface area (TPSA) is 72.7 Å². The lowest BCUT2D eigenvalue weighted by molar-refractivity contribution is 0.276. The van der Waals surface area contributed by atoms with Gasteiger partial charge in [-0.05, 0) is 0 Å². The Labute approximate surface area is 51.7 Å². The van der Waals surface area contributed by atoms with Crippen molar-refractivity contribution in [1.82, 2.24) is 10.2 Å². The number of rotatable bonds is 1. The van der Waals surface area contributed by atoms with Crippen molar-refractivity contribution in [2.75, 3.05) is 0 Å². The second-order valence-electron chi connectivity index (χ2n) is 1.52. The molecule has 4 heteroatoms. The Balaban J connectivity index is 3.02. The predicted octanol–water partition coefficient (Wildman–Crippen LogP) is -0.226. The van der Waals surface area contributed by atoms with Crippen molar-refractivity contribution >= 4 is 0 Å². The van der Waals surface area contributed by atoms with E-state index in [4.69, 9.17) is 10.4 Å². The van der Waals surface area contributed by atoms with E-state index in [9.17, 15) is 0 Å². The molecule has 0 bridgehead atoms. The molecule has 1 rings (SSSR count). The molecule has 0 aliphatic carbocycles. The molecule has 0 saturated heterocycles. The SMILES string of the molecule is N#Cc1c[nH]nc1CO. The summed E-state index contributed by atoms with van der Waals surface area (Å²) in [6, 6.07) is 1.87. The van der Waals surface area contributed by atoms with Crippen molar-refractivity contribution in [3.05, 3.63) is 17.5 Å². The molecule has 0 aliphatic heterocycles. The Kier molecular flexibility index (Phi) is 1.47. The molecule has 9 heavy (non-hydrogen) atoms. The van der Waals surface area contributed by atoms with Gasteiger partial charge in [-0.2, -0.15) is 10.4 Å². The van der Waals surface area contributed by atoms with E-state index in [0.717, 1.165) is 0 Å². The van der Waals surface area contributed by atoms with Gasteiger partial charge in [0.05, 0.1) is 12.2 Å². The molecule has 0 radical (unpaired) electrons. The Morgan fingerprint density at radius 2 is 2.67 bits per heavy atom. The summed E-state index contributed by atoms with van der Waals surface area (Å²) >= 11 is 0. The molecular weight excluding hydrogens is 118 g/mol. The van der Waals surface area contributed by atoms with Crippen molar-refractivity contribution in [2.24, 2.45) is 0 Å². The highest BCUT2D eigenvalue weighted by Gasteiger charge is 2.00. The summed E-state index contributed by atoms with van der Waals surface area (Å²) in [5.41, 5.74) is 0.801. The van der Waals surface area contributed by atoms with Crippen molar-refractivity contribution in [3.8, 4) is 6.07 Å². The number of nitriles is 1. The Bertz CT molecular complexity index is 235. The zero-order chi connectivity index (χ0) is 6.69. The van der Waals surface area contributed by atoms with Crippen LogP contribution < -0.4 is 0 Å². The number of aliphatic hydroxyl groups is 1. The van der Waals surface area contributed by atoms with Crippen LogP contribution in [0, 0.1) is 11.3 Å². The molecule has 46 valence electrons. The lowest BCUT2D eigenvalue weighted by Crippen LogP contribution is -1.85. The minimum atomic E-state index is -0.188. The average Bonchev–Trinajstić information content (AvgIpc) is 2.33. The standard InChI is InChI=1S/C5H5N3O/c6-1-4-2-7-8-5(4)3-9/h2,9H,3H2,(H,7,8). The monoisotopic (exact) mass is 123 g/mol. The summed E-state index contributed by atoms with van der Waals surface area (Å²) in [5, 5.41) is 22.9. The number of H-pyrrole nitrogens is 1. The summed E-state index contributed by atoms with van der Waals surface area (Å²) in [6.45, 7) is -0.188. The number of aromatic nitrogens is 2. The highest BCUT2D eigenvalue weighted by Crippen LogP contribution is 2.00. The molecule has 1 aromatic rings. The Hall–Kier alpha value is -1.34. The molecule has 1 aromatic heterocycles. The van der Waals surface area contributed by atoms with Crippen LogP contribution in [0.15, 0.2) is 6.20 Å². The average molecular weight is 123 g/mol. The molecule has 0 saturated carbocycles. The number of aromatic amines is 1. The van der Waals surface area contributed by atoms with E-state index in [0.29, 0.717) is 11.3 Å². The highest BCUT2D eigenvalue weighted by molar-refractivity contribution is 5.29. The summed E-state index contributed by atoms with van der Waals surface area (Å²) in [4.78, 5) is 0. The lowest BCUT2D eigenvalue weighted by atomic mass is 10.3. The van der Waals surface area contributed by atoms with Gasteiger partial charge in [-0.15, -0.1) is 0 Å². The first-order valence-corrected chi connectivity index (χ1v) is 2.42. The quantitative estimate of drug-likeness (QED) is 0.542. The fourth-order valence-corrected chi connectivity index (χ4v) is 0.536. The normalized spacial score (nSPS) is 8.89. The highest BCUT2D eigenvalue weighted by atomic mass is 16.3. The molecule has 0 amide bonds. The van der Waals surface area contributed by atoms with Crippen LogP contribution in [0.1, 0.15) is 11.3 Å². The Morgan fingerprint density at radius 1 is 1.89 bits per heavy atom. The molecule has 0 atom stereocenters. The summed E-state index contributed by atoms with van der Waals surface area (Å²) in [7, 11) is 0. The summed E-state index contributed by atoms with van der Waals surface area (Å²) in [6.07, 6.45) is 1.45. The fraction of sp³-hybridized carbons (Fsp3) is 0.200. The minimum Gasteiger partial charge on any atom is -0.390 e. The maximum absolute atomic E-state index is 8.50. The number of nitrogens with zero attached hydrogens (tertiary/aromatic N) is 2. The molecule has 4 nitrogen and oxygen atoms in total. The molecule has 0 fully saturated rings. The van der Waals surface area contributed by atoms with Crippen LogP contribution in [0.4, 0.5) is 0 Å². The van der Waals surface area contributed by atoms with Crippen molar-refractivity contribution < 1.29 is 5.11 Å². The van der Waals surface area contributed by atoms with Gasteiger partial charge in [0.1, 0.15) is 11.8 Å². The minimum absolute atomic E-state index is 0.188. The van der Waals surface area contributed by atoms with Crippen LogP contribution in [0.5, 0.6) is 0 Å². The molecule has 0 spiro atoms. The molecule has 0 aromatic carbocycles. The predicted molar refractivity (Wildman–Crippen MR) is 29.2 cm³/mol. The third-order valence-electron chi connectivity index (χ3n) is 0.990. The maximum Gasteiger partial charge on any atom is 0.105 e. The third kappa shape index (κ3) is 0.902. The van der Waals surface area contributed by atoms with Crippen LogP contribution in [-0.4, -0.2) is 15.3 Å².